The molecule has 1 aliphatic heterocycles. The molecule has 0 spiro atoms. The average molecular weight is 382 g/mol. The Morgan fingerprint density at radius 3 is 1.79 bits per heavy atom. The first-order chi connectivity index (χ1) is 13.5. The summed E-state index contributed by atoms with van der Waals surface area (Å²) in [6, 6.07) is 15.2. The first-order valence-corrected chi connectivity index (χ1v) is 9.07. The first-order valence-electron chi connectivity index (χ1n) is 9.07. The normalized spacial score (nSPS) is 19.0. The van der Waals surface area contributed by atoms with Gasteiger partial charge in [0.25, 0.3) is 0 Å². The number of esters is 1. The molecule has 7 heteroatoms. The zero-order chi connectivity index (χ0) is 20.1. The number of carbonyl (C=O) groups is 3. The van der Waals surface area contributed by atoms with Crippen molar-refractivity contribution in [3.8, 4) is 0 Å². The van der Waals surface area contributed by atoms with Crippen LogP contribution in [-0.4, -0.2) is 51.6 Å². The molecule has 0 aromatic heterocycles. The molecule has 146 valence electrons. The minimum absolute atomic E-state index is 0.0951. The molecular formula is C21H22N2O5. The Morgan fingerprint density at radius 2 is 1.36 bits per heavy atom. The highest BCUT2D eigenvalue weighted by atomic mass is 16.5. The second-order valence-electron chi connectivity index (χ2n) is 6.49. The van der Waals surface area contributed by atoms with Crippen molar-refractivity contribution < 1.29 is 24.2 Å². The van der Waals surface area contributed by atoms with E-state index in [0.717, 1.165) is 11.1 Å². The van der Waals surface area contributed by atoms with Crippen LogP contribution in [-0.2, 0) is 27.4 Å². The van der Waals surface area contributed by atoms with Crippen LogP contribution >= 0.6 is 0 Å². The Labute approximate surface area is 163 Å². The lowest BCUT2D eigenvalue weighted by molar-refractivity contribution is -0.155. The van der Waals surface area contributed by atoms with Crippen LogP contribution in [0, 0.1) is 0 Å². The van der Waals surface area contributed by atoms with Crippen molar-refractivity contribution in [1.29, 1.82) is 0 Å². The fourth-order valence-electron chi connectivity index (χ4n) is 3.39. The van der Waals surface area contributed by atoms with Gasteiger partial charge in [-0.1, -0.05) is 60.7 Å². The van der Waals surface area contributed by atoms with Gasteiger partial charge in [0, 0.05) is 13.1 Å². The number of carboxylic acid groups (broad SMARTS) is 1. The summed E-state index contributed by atoms with van der Waals surface area (Å²) in [4.78, 5) is 40.3. The molecule has 2 atom stereocenters. The lowest BCUT2D eigenvalue weighted by Gasteiger charge is -2.23. The Kier molecular flexibility index (Phi) is 5.93. The van der Waals surface area contributed by atoms with E-state index in [1.165, 1.54) is 9.80 Å². The summed E-state index contributed by atoms with van der Waals surface area (Å²) in [6.45, 7) is 1.97. The number of urea groups is 1. The number of carbonyl (C=O) groups excluding carboxylic acids is 2. The van der Waals surface area contributed by atoms with Gasteiger partial charge in [0.1, 0.15) is 0 Å². The molecule has 2 aromatic carbocycles. The summed E-state index contributed by atoms with van der Waals surface area (Å²) in [5.74, 6) is -1.95. The van der Waals surface area contributed by atoms with E-state index in [2.05, 4.69) is 0 Å². The summed E-state index contributed by atoms with van der Waals surface area (Å²) in [7, 11) is 0. The van der Waals surface area contributed by atoms with Crippen LogP contribution in [0.4, 0.5) is 4.79 Å². The van der Waals surface area contributed by atoms with Gasteiger partial charge >= 0.3 is 18.0 Å². The smallest absolute Gasteiger partial charge is 0.331 e. The average Bonchev–Trinajstić information content (AvgIpc) is 2.96. The van der Waals surface area contributed by atoms with Gasteiger partial charge in [-0.25, -0.2) is 14.4 Å². The maximum Gasteiger partial charge on any atom is 0.331 e. The molecule has 1 saturated heterocycles. The van der Waals surface area contributed by atoms with Crippen LogP contribution in [0.5, 0.6) is 0 Å². The van der Waals surface area contributed by atoms with Crippen molar-refractivity contribution in [1.82, 2.24) is 9.80 Å². The van der Waals surface area contributed by atoms with Crippen molar-refractivity contribution >= 4 is 18.0 Å². The van der Waals surface area contributed by atoms with Crippen molar-refractivity contribution in [2.24, 2.45) is 0 Å². The minimum Gasteiger partial charge on any atom is -0.480 e. The number of ether oxygens (including phenoxy) is 1. The maximum atomic E-state index is 13.1. The van der Waals surface area contributed by atoms with Crippen molar-refractivity contribution in [2.75, 3.05) is 6.61 Å². The van der Waals surface area contributed by atoms with Gasteiger partial charge in [-0.05, 0) is 18.1 Å². The standard InChI is InChI=1S/C21H22N2O5/c1-2-28-20(26)18-17(19(24)25)22(13-15-9-5-3-6-10-15)21(27)23(18)14-16-11-7-4-8-12-16/h3-12,17-18H,2,13-14H2,1H3,(H,24,25)/t17-,18+/m1/s1. The van der Waals surface area contributed by atoms with Crippen LogP contribution in [0.1, 0.15) is 18.1 Å². The van der Waals surface area contributed by atoms with Crippen molar-refractivity contribution in [3.05, 3.63) is 71.8 Å². The number of carboxylic acids is 1. The Hall–Kier alpha value is -3.35. The topological polar surface area (TPSA) is 87.1 Å². The molecule has 1 fully saturated rings. The molecule has 2 aromatic rings. The van der Waals surface area contributed by atoms with E-state index in [-0.39, 0.29) is 19.7 Å². The van der Waals surface area contributed by atoms with Gasteiger partial charge in [0.2, 0.25) is 0 Å². The largest absolute Gasteiger partial charge is 0.480 e. The molecule has 1 heterocycles. The van der Waals surface area contributed by atoms with E-state index in [4.69, 9.17) is 4.74 Å². The third-order valence-corrected chi connectivity index (χ3v) is 4.63. The predicted octanol–water partition coefficient (Wildman–Crippen LogP) is 2.51. The molecule has 0 radical (unpaired) electrons. The molecule has 0 saturated carbocycles. The van der Waals surface area contributed by atoms with Gasteiger partial charge in [0.15, 0.2) is 12.1 Å². The number of aliphatic carboxylic acids is 1. The fourth-order valence-corrected chi connectivity index (χ4v) is 3.39. The second kappa shape index (κ2) is 8.56. The van der Waals surface area contributed by atoms with Crippen LogP contribution < -0.4 is 0 Å². The second-order valence-corrected chi connectivity index (χ2v) is 6.49. The van der Waals surface area contributed by atoms with Crippen LogP contribution in [0.3, 0.4) is 0 Å². The number of nitrogens with zero attached hydrogens (tertiary/aromatic N) is 2. The van der Waals surface area contributed by atoms with Gasteiger partial charge in [-0.3, -0.25) is 0 Å². The van der Waals surface area contributed by atoms with Gasteiger partial charge in [-0.15, -0.1) is 0 Å². The number of rotatable bonds is 7. The van der Waals surface area contributed by atoms with Crippen LogP contribution in [0.15, 0.2) is 60.7 Å². The number of hydrogen-bond donors (Lipinski definition) is 1. The van der Waals surface area contributed by atoms with Crippen LogP contribution in [0.2, 0.25) is 0 Å². The third-order valence-electron chi connectivity index (χ3n) is 4.63. The molecule has 0 aliphatic carbocycles. The number of amides is 2. The minimum atomic E-state index is -1.32. The Balaban J connectivity index is 1.96. The molecule has 3 rings (SSSR count). The monoisotopic (exact) mass is 382 g/mol. The molecule has 28 heavy (non-hydrogen) atoms. The summed E-state index contributed by atoms with van der Waals surface area (Å²) in [5.41, 5.74) is 1.59. The maximum absolute atomic E-state index is 13.1. The van der Waals surface area contributed by atoms with Gasteiger partial charge in [0.05, 0.1) is 6.61 Å². The zero-order valence-electron chi connectivity index (χ0n) is 15.5. The molecule has 7 nitrogen and oxygen atoms in total. The van der Waals surface area contributed by atoms with E-state index < -0.39 is 30.1 Å². The SMILES string of the molecule is CCOC(=O)[C@@H]1[C@H](C(=O)O)N(Cc2ccccc2)C(=O)N1Cc1ccccc1. The number of benzene rings is 2. The molecular weight excluding hydrogens is 360 g/mol. The summed E-state index contributed by atoms with van der Waals surface area (Å²) in [5, 5.41) is 9.82. The molecule has 1 aliphatic rings. The van der Waals surface area contributed by atoms with E-state index in [9.17, 15) is 19.5 Å². The lowest BCUT2D eigenvalue weighted by Crippen LogP contribution is -2.48. The molecule has 1 N–H and O–H groups in total. The fraction of sp³-hybridized carbons (Fsp3) is 0.286. The Bertz CT molecular complexity index is 840. The van der Waals surface area contributed by atoms with Crippen molar-refractivity contribution in [2.45, 2.75) is 32.1 Å². The quantitative estimate of drug-likeness (QED) is 0.744. The lowest BCUT2D eigenvalue weighted by atomic mass is 10.1. The molecule has 0 bridgehead atoms. The third kappa shape index (κ3) is 3.98. The molecule has 2 amide bonds. The molecule has 0 unspecified atom stereocenters. The van der Waals surface area contributed by atoms with Crippen molar-refractivity contribution in [3.63, 3.8) is 0 Å². The highest BCUT2D eigenvalue weighted by Crippen LogP contribution is 2.28. The first kappa shape index (κ1) is 19.4. The predicted molar refractivity (Wildman–Crippen MR) is 101 cm³/mol. The van der Waals surface area contributed by atoms with E-state index >= 15 is 0 Å². The highest BCUT2D eigenvalue weighted by Gasteiger charge is 2.53. The van der Waals surface area contributed by atoms with Gasteiger partial charge < -0.3 is 19.6 Å². The van der Waals surface area contributed by atoms with E-state index in [1.807, 2.05) is 60.7 Å². The van der Waals surface area contributed by atoms with Gasteiger partial charge in [-0.2, -0.15) is 0 Å². The summed E-state index contributed by atoms with van der Waals surface area (Å²) >= 11 is 0. The highest BCUT2D eigenvalue weighted by molar-refractivity contribution is 5.96. The van der Waals surface area contributed by atoms with Crippen LogP contribution in [0.25, 0.3) is 0 Å². The zero-order valence-corrected chi connectivity index (χ0v) is 15.5. The Morgan fingerprint density at radius 1 is 0.893 bits per heavy atom. The van der Waals surface area contributed by atoms with E-state index in [0.29, 0.717) is 0 Å². The summed E-state index contributed by atoms with van der Waals surface area (Å²) < 4.78 is 5.10. The van der Waals surface area contributed by atoms with E-state index in [1.54, 1.807) is 6.92 Å². The summed E-state index contributed by atoms with van der Waals surface area (Å²) in [6.07, 6.45) is 0. The number of hydrogen-bond acceptors (Lipinski definition) is 4.